The number of imidazole rings is 1. The number of anilines is 1. The van der Waals surface area contributed by atoms with Crippen LogP contribution < -0.4 is 11.4 Å². The Hall–Kier alpha value is -2.94. The largest absolute Gasteiger partial charge is 0.382 e. The summed E-state index contributed by atoms with van der Waals surface area (Å²) >= 11 is 3.44. The molecule has 0 aliphatic heterocycles. The van der Waals surface area contributed by atoms with E-state index in [9.17, 15) is 4.79 Å². The van der Waals surface area contributed by atoms with E-state index in [2.05, 4.69) is 36.0 Å². The van der Waals surface area contributed by atoms with Gasteiger partial charge in [0.25, 0.3) is 5.95 Å². The molecule has 0 aliphatic carbocycles. The van der Waals surface area contributed by atoms with Gasteiger partial charge in [0.15, 0.2) is 11.5 Å². The van der Waals surface area contributed by atoms with Gasteiger partial charge in [-0.3, -0.25) is 4.57 Å². The first kappa shape index (κ1) is 15.6. The molecule has 0 aliphatic rings. The zero-order valence-corrected chi connectivity index (χ0v) is 14.6. The third-order valence-electron chi connectivity index (χ3n) is 3.83. The number of hydrogen-bond donors (Lipinski definition) is 2. The van der Waals surface area contributed by atoms with Gasteiger partial charge in [0.2, 0.25) is 0 Å². The standard InChI is InChI=1S/C16H14BrN7O/c17-8-10-3-1-4-11(7-10)9-23-14-12(20-16(23)25)13(18)21-15(22-14)24-6-2-5-19-24/h1-7H,8-9H2,(H,20,25)(H2,18,21,22). The number of halogens is 1. The molecule has 25 heavy (non-hydrogen) atoms. The number of rotatable bonds is 4. The number of fused-ring (bicyclic) bond motifs is 1. The average molecular weight is 400 g/mol. The molecule has 4 aromatic rings. The monoisotopic (exact) mass is 399 g/mol. The second kappa shape index (κ2) is 6.17. The predicted octanol–water partition coefficient (Wildman–Crippen LogP) is 1.83. The molecule has 3 N–H and O–H groups in total. The van der Waals surface area contributed by atoms with Crippen LogP contribution >= 0.6 is 15.9 Å². The summed E-state index contributed by atoms with van der Waals surface area (Å²) in [6.45, 7) is 0.384. The lowest BCUT2D eigenvalue weighted by atomic mass is 10.1. The molecule has 8 nitrogen and oxygen atoms in total. The van der Waals surface area contributed by atoms with E-state index >= 15 is 0 Å². The topological polar surface area (TPSA) is 107 Å². The molecule has 3 aromatic heterocycles. The highest BCUT2D eigenvalue weighted by Gasteiger charge is 2.15. The number of aromatic nitrogens is 6. The van der Waals surface area contributed by atoms with E-state index in [4.69, 9.17) is 5.73 Å². The summed E-state index contributed by atoms with van der Waals surface area (Å²) in [7, 11) is 0. The van der Waals surface area contributed by atoms with Gasteiger partial charge in [0.1, 0.15) is 5.52 Å². The Kier molecular flexibility index (Phi) is 3.85. The molecule has 0 unspecified atom stereocenters. The molecule has 0 fully saturated rings. The molecule has 0 spiro atoms. The van der Waals surface area contributed by atoms with Crippen LogP contribution in [0, 0.1) is 0 Å². The zero-order chi connectivity index (χ0) is 17.4. The third kappa shape index (κ3) is 2.82. The van der Waals surface area contributed by atoms with E-state index in [0.717, 1.165) is 16.5 Å². The number of H-pyrrole nitrogens is 1. The van der Waals surface area contributed by atoms with Gasteiger partial charge in [0.05, 0.1) is 6.54 Å². The SMILES string of the molecule is Nc1nc(-n2cccn2)nc2c1[nH]c(=O)n2Cc1cccc(CBr)c1. The van der Waals surface area contributed by atoms with Crippen LogP contribution in [-0.2, 0) is 11.9 Å². The first-order valence-corrected chi connectivity index (χ1v) is 8.67. The summed E-state index contributed by atoms with van der Waals surface area (Å²) in [5, 5.41) is 4.86. The lowest BCUT2D eigenvalue weighted by Gasteiger charge is -2.06. The van der Waals surface area contributed by atoms with Gasteiger partial charge in [-0.25, -0.2) is 9.48 Å². The van der Waals surface area contributed by atoms with Crippen LogP contribution in [0.1, 0.15) is 11.1 Å². The number of nitrogens with two attached hydrogens (primary N) is 1. The minimum atomic E-state index is -0.280. The molecule has 0 atom stereocenters. The summed E-state index contributed by atoms with van der Waals surface area (Å²) < 4.78 is 3.05. The van der Waals surface area contributed by atoms with Gasteiger partial charge in [0, 0.05) is 17.7 Å². The van der Waals surface area contributed by atoms with Gasteiger partial charge in [-0.15, -0.1) is 0 Å². The Bertz CT molecular complexity index is 1100. The molecule has 0 saturated heterocycles. The normalized spacial score (nSPS) is 11.2. The van der Waals surface area contributed by atoms with Crippen molar-refractivity contribution in [3.8, 4) is 5.95 Å². The fourth-order valence-electron chi connectivity index (χ4n) is 2.67. The number of alkyl halides is 1. The predicted molar refractivity (Wildman–Crippen MR) is 97.9 cm³/mol. The first-order valence-electron chi connectivity index (χ1n) is 7.55. The number of aromatic amines is 1. The molecule has 1 aromatic carbocycles. The molecule has 0 radical (unpaired) electrons. The molecule has 3 heterocycles. The Labute approximate surface area is 150 Å². The highest BCUT2D eigenvalue weighted by atomic mass is 79.9. The fraction of sp³-hybridized carbons (Fsp3) is 0.125. The van der Waals surface area contributed by atoms with Crippen molar-refractivity contribution >= 4 is 32.9 Å². The van der Waals surface area contributed by atoms with E-state index in [1.165, 1.54) is 4.68 Å². The van der Waals surface area contributed by atoms with E-state index < -0.39 is 0 Å². The number of nitrogens with zero attached hydrogens (tertiary/aromatic N) is 5. The summed E-state index contributed by atoms with van der Waals surface area (Å²) in [5.41, 5.74) is 8.74. The Morgan fingerprint density at radius 1 is 1.20 bits per heavy atom. The lowest BCUT2D eigenvalue weighted by Crippen LogP contribution is -2.18. The van der Waals surface area contributed by atoms with Crippen LogP contribution in [0.3, 0.4) is 0 Å². The van der Waals surface area contributed by atoms with E-state index in [0.29, 0.717) is 23.7 Å². The molecule has 0 amide bonds. The first-order chi connectivity index (χ1) is 12.2. The minimum absolute atomic E-state index is 0.209. The van der Waals surface area contributed by atoms with Gasteiger partial charge < -0.3 is 10.7 Å². The second-order valence-corrected chi connectivity index (χ2v) is 6.09. The molecular formula is C16H14BrN7O. The number of nitrogens with one attached hydrogen (secondary N) is 1. The van der Waals surface area contributed by atoms with Crippen LogP contribution in [0.15, 0.2) is 47.5 Å². The van der Waals surface area contributed by atoms with Crippen molar-refractivity contribution in [2.75, 3.05) is 5.73 Å². The maximum atomic E-state index is 12.4. The maximum absolute atomic E-state index is 12.4. The van der Waals surface area contributed by atoms with Gasteiger partial charge in [-0.1, -0.05) is 40.2 Å². The lowest BCUT2D eigenvalue weighted by molar-refractivity contribution is 0.765. The minimum Gasteiger partial charge on any atom is -0.382 e. The van der Waals surface area contributed by atoms with Crippen molar-refractivity contribution in [3.05, 3.63) is 64.3 Å². The molecule has 4 rings (SSSR count). The Morgan fingerprint density at radius 3 is 2.80 bits per heavy atom. The Morgan fingerprint density at radius 2 is 2.04 bits per heavy atom. The molecular weight excluding hydrogens is 386 g/mol. The highest BCUT2D eigenvalue weighted by Crippen LogP contribution is 2.17. The van der Waals surface area contributed by atoms with Crippen LogP contribution in [0.25, 0.3) is 17.1 Å². The second-order valence-electron chi connectivity index (χ2n) is 5.53. The zero-order valence-electron chi connectivity index (χ0n) is 13.1. The number of hydrogen-bond acceptors (Lipinski definition) is 5. The van der Waals surface area contributed by atoms with Crippen molar-refractivity contribution in [2.45, 2.75) is 11.9 Å². The van der Waals surface area contributed by atoms with Gasteiger partial charge in [-0.05, 0) is 17.2 Å². The van der Waals surface area contributed by atoms with Crippen molar-refractivity contribution in [2.24, 2.45) is 0 Å². The van der Waals surface area contributed by atoms with Gasteiger partial charge >= 0.3 is 5.69 Å². The summed E-state index contributed by atoms with van der Waals surface area (Å²) in [4.78, 5) is 23.8. The molecule has 0 bridgehead atoms. The third-order valence-corrected chi connectivity index (χ3v) is 4.48. The Balaban J connectivity index is 1.85. The van der Waals surface area contributed by atoms with Crippen molar-refractivity contribution in [3.63, 3.8) is 0 Å². The summed E-state index contributed by atoms with van der Waals surface area (Å²) in [6, 6.07) is 9.76. The summed E-state index contributed by atoms with van der Waals surface area (Å²) in [5.74, 6) is 0.525. The number of nitrogen functional groups attached to an aromatic ring is 1. The molecule has 126 valence electrons. The number of benzene rings is 1. The molecule has 9 heteroatoms. The van der Waals surface area contributed by atoms with E-state index in [-0.39, 0.29) is 11.5 Å². The van der Waals surface area contributed by atoms with Crippen LogP contribution in [0.5, 0.6) is 0 Å². The average Bonchev–Trinajstić information content (AvgIpc) is 3.25. The van der Waals surface area contributed by atoms with Gasteiger partial charge in [-0.2, -0.15) is 15.1 Å². The van der Waals surface area contributed by atoms with E-state index in [1.54, 1.807) is 23.0 Å². The smallest absolute Gasteiger partial charge is 0.328 e. The summed E-state index contributed by atoms with van der Waals surface area (Å²) in [6.07, 6.45) is 3.34. The van der Waals surface area contributed by atoms with Crippen molar-refractivity contribution in [1.29, 1.82) is 0 Å². The van der Waals surface area contributed by atoms with Crippen molar-refractivity contribution in [1.82, 2.24) is 29.3 Å². The van der Waals surface area contributed by atoms with Crippen LogP contribution in [0.4, 0.5) is 5.82 Å². The molecule has 0 saturated carbocycles. The quantitative estimate of drug-likeness (QED) is 0.509. The maximum Gasteiger partial charge on any atom is 0.328 e. The van der Waals surface area contributed by atoms with Crippen molar-refractivity contribution < 1.29 is 0 Å². The highest BCUT2D eigenvalue weighted by molar-refractivity contribution is 9.08. The fourth-order valence-corrected chi connectivity index (χ4v) is 3.02. The van der Waals surface area contributed by atoms with Crippen LogP contribution in [0.2, 0.25) is 0 Å². The van der Waals surface area contributed by atoms with Crippen LogP contribution in [-0.4, -0.2) is 29.3 Å². The van der Waals surface area contributed by atoms with E-state index in [1.807, 2.05) is 24.3 Å².